The zero-order valence-electron chi connectivity index (χ0n) is 13.7. The van der Waals surface area contributed by atoms with Gasteiger partial charge in [0.05, 0.1) is 19.8 Å². The number of hydrogen-bond acceptors (Lipinski definition) is 5. The molecule has 0 aromatic heterocycles. The van der Waals surface area contributed by atoms with Crippen LogP contribution in [0.4, 0.5) is 10.5 Å². The first-order valence-electron chi connectivity index (χ1n) is 7.68. The third kappa shape index (κ3) is 4.61. The molecule has 0 radical (unpaired) electrons. The van der Waals surface area contributed by atoms with Crippen LogP contribution in [0.2, 0.25) is 0 Å². The number of carbonyl (C=O) groups is 3. The van der Waals surface area contributed by atoms with Gasteiger partial charge in [0.25, 0.3) is 0 Å². The molecule has 1 aliphatic rings. The molecule has 1 aliphatic heterocycles. The molecule has 0 aliphatic carbocycles. The minimum Gasteiger partial charge on any atom is -0.497 e. The van der Waals surface area contributed by atoms with E-state index in [-0.39, 0.29) is 31.5 Å². The Kier molecular flexibility index (Phi) is 6.00. The van der Waals surface area contributed by atoms with Crippen LogP contribution in [-0.4, -0.2) is 50.8 Å². The largest absolute Gasteiger partial charge is 0.497 e. The van der Waals surface area contributed by atoms with Gasteiger partial charge >= 0.3 is 12.0 Å². The molecule has 0 spiro atoms. The van der Waals surface area contributed by atoms with Gasteiger partial charge in [-0.1, -0.05) is 6.07 Å². The van der Waals surface area contributed by atoms with Crippen molar-refractivity contribution in [2.45, 2.75) is 19.4 Å². The molecule has 0 saturated carbocycles. The van der Waals surface area contributed by atoms with Crippen LogP contribution >= 0.6 is 0 Å². The number of hydrogen-bond donors (Lipinski definition) is 2. The molecular weight excluding hydrogens is 314 g/mol. The summed E-state index contributed by atoms with van der Waals surface area (Å²) in [6, 6.07) is 6.33. The number of ether oxygens (including phenoxy) is 2. The molecule has 1 atom stereocenters. The molecular formula is C16H21N3O5. The summed E-state index contributed by atoms with van der Waals surface area (Å²) in [6.07, 6.45) is 0.198. The Bertz CT molecular complexity index is 619. The Hall–Kier alpha value is -2.77. The van der Waals surface area contributed by atoms with E-state index < -0.39 is 12.0 Å². The van der Waals surface area contributed by atoms with E-state index in [0.717, 1.165) is 5.69 Å². The van der Waals surface area contributed by atoms with Gasteiger partial charge in [0, 0.05) is 24.7 Å². The first-order chi connectivity index (χ1) is 11.5. The normalized spacial score (nSPS) is 16.7. The SMILES string of the molecule is CCOC(=O)CNC(=O)N[C@H]1CC(=O)N(c2cccc(OC)c2)C1. The number of urea groups is 1. The summed E-state index contributed by atoms with van der Waals surface area (Å²) in [5, 5.41) is 5.09. The fourth-order valence-electron chi connectivity index (χ4n) is 2.43. The average Bonchev–Trinajstić information content (AvgIpc) is 2.93. The van der Waals surface area contributed by atoms with Crippen LogP contribution in [-0.2, 0) is 14.3 Å². The maximum Gasteiger partial charge on any atom is 0.325 e. The van der Waals surface area contributed by atoms with Crippen molar-refractivity contribution in [2.24, 2.45) is 0 Å². The highest BCUT2D eigenvalue weighted by molar-refractivity contribution is 5.97. The number of anilines is 1. The van der Waals surface area contributed by atoms with Crippen molar-refractivity contribution in [3.8, 4) is 5.75 Å². The highest BCUT2D eigenvalue weighted by Crippen LogP contribution is 2.25. The number of nitrogens with one attached hydrogen (secondary N) is 2. The lowest BCUT2D eigenvalue weighted by Gasteiger charge is -2.18. The van der Waals surface area contributed by atoms with E-state index in [9.17, 15) is 14.4 Å². The molecule has 3 amide bonds. The lowest BCUT2D eigenvalue weighted by molar-refractivity contribution is -0.141. The minimum absolute atomic E-state index is 0.0843. The standard InChI is InChI=1S/C16H21N3O5/c1-3-24-15(21)9-17-16(22)18-11-7-14(20)19(10-11)12-5-4-6-13(8-12)23-2/h4-6,8,11H,3,7,9-10H2,1-2H3,(H2,17,18,22)/t11-/m0/s1. The molecule has 24 heavy (non-hydrogen) atoms. The lowest BCUT2D eigenvalue weighted by Crippen LogP contribution is -2.45. The van der Waals surface area contributed by atoms with Gasteiger partial charge in [-0.15, -0.1) is 0 Å². The Balaban J connectivity index is 1.87. The van der Waals surface area contributed by atoms with E-state index in [1.54, 1.807) is 37.1 Å². The zero-order chi connectivity index (χ0) is 17.5. The number of esters is 1. The number of rotatable bonds is 6. The first kappa shape index (κ1) is 17.6. The molecule has 1 heterocycles. The Morgan fingerprint density at radius 3 is 2.88 bits per heavy atom. The molecule has 0 bridgehead atoms. The number of methoxy groups -OCH3 is 1. The molecule has 8 nitrogen and oxygen atoms in total. The molecule has 1 fully saturated rings. The van der Waals surface area contributed by atoms with E-state index in [2.05, 4.69) is 10.6 Å². The molecule has 2 rings (SSSR count). The van der Waals surface area contributed by atoms with Crippen LogP contribution in [0.5, 0.6) is 5.75 Å². The fourth-order valence-corrected chi connectivity index (χ4v) is 2.43. The van der Waals surface area contributed by atoms with Gasteiger partial charge < -0.3 is 25.0 Å². The van der Waals surface area contributed by atoms with Crippen LogP contribution in [0.25, 0.3) is 0 Å². The second-order valence-electron chi connectivity index (χ2n) is 5.24. The highest BCUT2D eigenvalue weighted by Gasteiger charge is 2.31. The number of amides is 3. The Morgan fingerprint density at radius 1 is 1.38 bits per heavy atom. The van der Waals surface area contributed by atoms with Gasteiger partial charge in [0.15, 0.2) is 0 Å². The maximum absolute atomic E-state index is 12.2. The van der Waals surface area contributed by atoms with E-state index in [1.807, 2.05) is 6.07 Å². The molecule has 1 aromatic rings. The lowest BCUT2D eigenvalue weighted by atomic mass is 10.2. The molecule has 0 unspecified atom stereocenters. The van der Waals surface area contributed by atoms with Crippen molar-refractivity contribution in [3.05, 3.63) is 24.3 Å². The highest BCUT2D eigenvalue weighted by atomic mass is 16.5. The van der Waals surface area contributed by atoms with Crippen LogP contribution < -0.4 is 20.3 Å². The molecule has 1 saturated heterocycles. The van der Waals surface area contributed by atoms with Gasteiger partial charge in [-0.3, -0.25) is 9.59 Å². The van der Waals surface area contributed by atoms with Crippen molar-refractivity contribution in [3.63, 3.8) is 0 Å². The topological polar surface area (TPSA) is 97.0 Å². The van der Waals surface area contributed by atoms with Crippen molar-refractivity contribution in [1.29, 1.82) is 0 Å². The fraction of sp³-hybridized carbons (Fsp3) is 0.438. The quantitative estimate of drug-likeness (QED) is 0.745. The van der Waals surface area contributed by atoms with Crippen molar-refractivity contribution >= 4 is 23.6 Å². The van der Waals surface area contributed by atoms with Crippen LogP contribution in [0, 0.1) is 0 Å². The molecule has 1 aromatic carbocycles. The number of nitrogens with zero attached hydrogens (tertiary/aromatic N) is 1. The Labute approximate surface area is 140 Å². The van der Waals surface area contributed by atoms with Crippen LogP contribution in [0.1, 0.15) is 13.3 Å². The van der Waals surface area contributed by atoms with Crippen molar-refractivity contribution in [2.75, 3.05) is 31.7 Å². The summed E-state index contributed by atoms with van der Waals surface area (Å²) in [7, 11) is 1.56. The number of carbonyl (C=O) groups excluding carboxylic acids is 3. The summed E-state index contributed by atoms with van der Waals surface area (Å²) < 4.78 is 9.87. The second kappa shape index (κ2) is 8.19. The third-order valence-electron chi connectivity index (χ3n) is 3.52. The zero-order valence-corrected chi connectivity index (χ0v) is 13.7. The second-order valence-corrected chi connectivity index (χ2v) is 5.24. The van der Waals surface area contributed by atoms with E-state index in [0.29, 0.717) is 12.3 Å². The van der Waals surface area contributed by atoms with Gasteiger partial charge in [-0.25, -0.2) is 4.79 Å². The monoisotopic (exact) mass is 335 g/mol. The molecule has 8 heteroatoms. The Morgan fingerprint density at radius 2 is 2.17 bits per heavy atom. The first-order valence-corrected chi connectivity index (χ1v) is 7.68. The predicted octanol–water partition coefficient (Wildman–Crippen LogP) is 0.663. The smallest absolute Gasteiger partial charge is 0.325 e. The van der Waals surface area contributed by atoms with Gasteiger partial charge in [-0.05, 0) is 19.1 Å². The third-order valence-corrected chi connectivity index (χ3v) is 3.52. The predicted molar refractivity (Wildman–Crippen MR) is 86.9 cm³/mol. The summed E-state index contributed by atoms with van der Waals surface area (Å²) in [4.78, 5) is 36.7. The summed E-state index contributed by atoms with van der Waals surface area (Å²) in [5.41, 5.74) is 0.718. The molecule has 2 N–H and O–H groups in total. The van der Waals surface area contributed by atoms with Crippen LogP contribution in [0.3, 0.4) is 0 Å². The summed E-state index contributed by atoms with van der Waals surface area (Å²) in [5.74, 6) is 0.0657. The van der Waals surface area contributed by atoms with Gasteiger partial charge in [0.2, 0.25) is 5.91 Å². The number of benzene rings is 1. The van der Waals surface area contributed by atoms with Crippen molar-refractivity contribution < 1.29 is 23.9 Å². The van der Waals surface area contributed by atoms with E-state index in [1.165, 1.54) is 0 Å². The van der Waals surface area contributed by atoms with Gasteiger partial charge in [-0.2, -0.15) is 0 Å². The summed E-state index contributed by atoms with van der Waals surface area (Å²) in [6.45, 7) is 2.10. The average molecular weight is 335 g/mol. The minimum atomic E-state index is -0.506. The van der Waals surface area contributed by atoms with E-state index >= 15 is 0 Å². The van der Waals surface area contributed by atoms with E-state index in [4.69, 9.17) is 9.47 Å². The van der Waals surface area contributed by atoms with Crippen molar-refractivity contribution in [1.82, 2.24) is 10.6 Å². The summed E-state index contributed by atoms with van der Waals surface area (Å²) >= 11 is 0. The maximum atomic E-state index is 12.2. The van der Waals surface area contributed by atoms with Gasteiger partial charge in [0.1, 0.15) is 12.3 Å². The molecule has 130 valence electrons. The van der Waals surface area contributed by atoms with Crippen LogP contribution in [0.15, 0.2) is 24.3 Å².